The number of esters is 2. The summed E-state index contributed by atoms with van der Waals surface area (Å²) in [6.07, 6.45) is -0.655. The molecule has 8 unspecified atom stereocenters. The summed E-state index contributed by atoms with van der Waals surface area (Å²) in [5.74, 6) is -3.24. The van der Waals surface area contributed by atoms with Crippen LogP contribution < -0.4 is 0 Å². The second-order valence-electron chi connectivity index (χ2n) is 23.2. The zero-order chi connectivity index (χ0) is 52.5. The molecule has 0 aliphatic carbocycles. The van der Waals surface area contributed by atoms with Gasteiger partial charge in [0.2, 0.25) is 0 Å². The third kappa shape index (κ3) is 17.0. The minimum atomic E-state index is -1.34. The zero-order valence-corrected chi connectivity index (χ0v) is 45.1. The highest BCUT2D eigenvalue weighted by Crippen LogP contribution is 2.55. The lowest BCUT2D eigenvalue weighted by Crippen LogP contribution is -2.48. The Bertz CT molecular complexity index is 1870. The van der Waals surface area contributed by atoms with Gasteiger partial charge in [0.1, 0.15) is 65.6 Å². The number of carbonyl (C=O) groups is 10. The second-order valence-corrected chi connectivity index (χ2v) is 24.1. The molecule has 0 fully saturated rings. The van der Waals surface area contributed by atoms with Gasteiger partial charge in [-0.25, -0.2) is 0 Å². The molecule has 0 aromatic carbocycles. The van der Waals surface area contributed by atoms with Crippen molar-refractivity contribution in [3.8, 4) is 0 Å². The monoisotopic (exact) mass is 951 g/mol. The van der Waals surface area contributed by atoms with Crippen LogP contribution in [0.2, 0.25) is 0 Å². The van der Waals surface area contributed by atoms with Gasteiger partial charge >= 0.3 is 11.9 Å². The number of hydrogen-bond acceptors (Lipinski definition) is 14. The first kappa shape index (κ1) is 62.6. The summed E-state index contributed by atoms with van der Waals surface area (Å²) >= 11 is 1.11. The average Bonchev–Trinajstić information content (AvgIpc) is 3.14. The van der Waals surface area contributed by atoms with Crippen molar-refractivity contribution in [2.24, 2.45) is 48.7 Å². The smallest absolute Gasteiger partial charge is 0.315 e. The van der Waals surface area contributed by atoms with Crippen LogP contribution in [0.25, 0.3) is 0 Å². The maximum atomic E-state index is 13.9. The molecular weight excluding hydrogens is 865 g/mol. The van der Waals surface area contributed by atoms with Gasteiger partial charge < -0.3 is 14.6 Å². The van der Waals surface area contributed by atoms with Crippen LogP contribution in [0.1, 0.15) is 190 Å². The summed E-state index contributed by atoms with van der Waals surface area (Å²) in [6, 6.07) is 0. The summed E-state index contributed by atoms with van der Waals surface area (Å²) in [5.41, 5.74) is -10.4. The predicted molar refractivity (Wildman–Crippen MR) is 258 cm³/mol. The summed E-state index contributed by atoms with van der Waals surface area (Å²) < 4.78 is 10.4. The first-order valence-electron chi connectivity index (χ1n) is 23.1. The molecule has 0 aromatic heterocycles. The van der Waals surface area contributed by atoms with Gasteiger partial charge in [-0.2, -0.15) is 0 Å². The van der Waals surface area contributed by atoms with Crippen LogP contribution in [0, 0.1) is 48.7 Å². The van der Waals surface area contributed by atoms with E-state index < -0.39 is 73.4 Å². The standard InChI is InChI=1S/C52H86O13S/c1-21-44(10,11)43(63)65-23-41(61)22-64-42(62)24-66-32-52(20,40(9)60)31-51(19,39(8)59)30-50(18,38(7)58)29-49(17,37(6)57)28-48(16,36(5)56)27-47(15,35(4)55)26-46(14,34(3)54)25-45(12,13)33(2)53/h41,61H,21-32H2,1-20H3. The van der Waals surface area contributed by atoms with Gasteiger partial charge in [0.25, 0.3) is 0 Å². The van der Waals surface area contributed by atoms with Crippen LogP contribution in [0.15, 0.2) is 0 Å². The number of thioether (sulfide) groups is 1. The van der Waals surface area contributed by atoms with Crippen molar-refractivity contribution >= 4 is 70.0 Å². The molecule has 1 N–H and O–H groups in total. The number of aliphatic hydroxyl groups is 1. The summed E-state index contributed by atoms with van der Waals surface area (Å²) in [7, 11) is 0. The Kier molecular flexibility index (Phi) is 22.1. The molecule has 0 amide bonds. The molecule has 378 valence electrons. The molecule has 8 atom stereocenters. The van der Waals surface area contributed by atoms with Crippen LogP contribution in [0.5, 0.6) is 0 Å². The topological polar surface area (TPSA) is 209 Å². The fraction of sp³-hybridized carbons (Fsp3) is 0.808. The van der Waals surface area contributed by atoms with Gasteiger partial charge in [-0.15, -0.1) is 11.8 Å². The van der Waals surface area contributed by atoms with E-state index in [-0.39, 0.29) is 109 Å². The highest BCUT2D eigenvalue weighted by molar-refractivity contribution is 8.00. The van der Waals surface area contributed by atoms with E-state index in [0.717, 1.165) is 11.8 Å². The summed E-state index contributed by atoms with van der Waals surface area (Å²) in [5, 5.41) is 10.2. The molecule has 0 radical (unpaired) electrons. The summed E-state index contributed by atoms with van der Waals surface area (Å²) in [4.78, 5) is 133. The van der Waals surface area contributed by atoms with E-state index in [4.69, 9.17) is 9.47 Å². The molecule has 0 saturated carbocycles. The number of ketones is 8. The molecule has 0 aliphatic rings. The molecule has 0 saturated heterocycles. The van der Waals surface area contributed by atoms with E-state index >= 15 is 0 Å². The van der Waals surface area contributed by atoms with Crippen LogP contribution in [0.4, 0.5) is 0 Å². The lowest BCUT2D eigenvalue weighted by molar-refractivity contribution is -0.159. The average molecular weight is 951 g/mol. The van der Waals surface area contributed by atoms with Crippen molar-refractivity contribution in [3.05, 3.63) is 0 Å². The Morgan fingerprint density at radius 1 is 0.409 bits per heavy atom. The van der Waals surface area contributed by atoms with Gasteiger partial charge in [-0.3, -0.25) is 47.9 Å². The fourth-order valence-corrected chi connectivity index (χ4v) is 10.7. The van der Waals surface area contributed by atoms with Crippen molar-refractivity contribution in [3.63, 3.8) is 0 Å². The molecular formula is C52H86O13S. The van der Waals surface area contributed by atoms with Crippen LogP contribution in [-0.4, -0.2) is 94.1 Å². The zero-order valence-electron chi connectivity index (χ0n) is 44.3. The predicted octanol–water partition coefficient (Wildman–Crippen LogP) is 9.12. The Labute approximate surface area is 400 Å². The van der Waals surface area contributed by atoms with Gasteiger partial charge in [-0.1, -0.05) is 69.2 Å². The highest BCUT2D eigenvalue weighted by Gasteiger charge is 2.54. The third-order valence-electron chi connectivity index (χ3n) is 15.3. The molecule has 14 heteroatoms. The van der Waals surface area contributed by atoms with E-state index in [0.29, 0.717) is 6.42 Å². The van der Waals surface area contributed by atoms with Crippen LogP contribution in [0.3, 0.4) is 0 Å². The first-order valence-corrected chi connectivity index (χ1v) is 24.3. The molecule has 0 heterocycles. The van der Waals surface area contributed by atoms with E-state index in [9.17, 15) is 53.1 Å². The quantitative estimate of drug-likeness (QED) is 0.0624. The number of carbonyl (C=O) groups excluding carboxylic acids is 10. The van der Waals surface area contributed by atoms with Crippen molar-refractivity contribution in [2.75, 3.05) is 24.7 Å². The minimum absolute atomic E-state index is 0.00202. The summed E-state index contributed by atoms with van der Waals surface area (Å²) in [6.45, 7) is 31.3. The minimum Gasteiger partial charge on any atom is -0.462 e. The largest absolute Gasteiger partial charge is 0.462 e. The number of rotatable bonds is 32. The number of ether oxygens (including phenoxy) is 2. The molecule has 0 aliphatic heterocycles. The highest BCUT2D eigenvalue weighted by atomic mass is 32.2. The van der Waals surface area contributed by atoms with Crippen molar-refractivity contribution in [2.45, 2.75) is 196 Å². The molecule has 66 heavy (non-hydrogen) atoms. The number of aliphatic hydroxyl groups excluding tert-OH is 1. The molecule has 13 nitrogen and oxygen atoms in total. The van der Waals surface area contributed by atoms with Crippen molar-refractivity contribution in [1.82, 2.24) is 0 Å². The van der Waals surface area contributed by atoms with Gasteiger partial charge in [0.05, 0.1) is 11.2 Å². The molecule has 0 spiro atoms. The van der Waals surface area contributed by atoms with Gasteiger partial charge in [0.15, 0.2) is 0 Å². The number of Topliss-reactive ketones (excluding diaryl/α,β-unsaturated/α-hetero) is 8. The number of hydrogen-bond donors (Lipinski definition) is 1. The van der Waals surface area contributed by atoms with E-state index in [1.807, 2.05) is 6.92 Å². The third-order valence-corrected chi connectivity index (χ3v) is 16.6. The molecule has 0 bridgehead atoms. The Hall–Kier alpha value is -3.39. The lowest BCUT2D eigenvalue weighted by atomic mass is 9.54. The Morgan fingerprint density at radius 2 is 0.682 bits per heavy atom. The first-order chi connectivity index (χ1) is 29.5. The Morgan fingerprint density at radius 3 is 0.955 bits per heavy atom. The SMILES string of the molecule is CCC(C)(C)C(=O)OCC(O)COC(=O)CSCC(C)(CC(C)(CC(C)(CC(C)(CC(C)(CC(C)(CC(C)(CC(C)(C)C(C)=O)C(C)=O)C(C)=O)C(C)=O)C(C)=O)C(C)=O)C(C)=O)C(C)=O. The van der Waals surface area contributed by atoms with Crippen molar-refractivity contribution in [1.29, 1.82) is 0 Å². The van der Waals surface area contributed by atoms with E-state index in [2.05, 4.69) is 0 Å². The molecule has 0 aromatic rings. The Balaban J connectivity index is 6.72. The van der Waals surface area contributed by atoms with Crippen LogP contribution in [-0.2, 0) is 57.4 Å². The van der Waals surface area contributed by atoms with Crippen LogP contribution >= 0.6 is 11.8 Å². The second kappa shape index (κ2) is 23.3. The molecule has 0 rings (SSSR count). The lowest BCUT2D eigenvalue weighted by Gasteiger charge is -2.48. The maximum absolute atomic E-state index is 13.9. The van der Waals surface area contributed by atoms with Crippen molar-refractivity contribution < 1.29 is 62.5 Å². The fourth-order valence-electron chi connectivity index (χ4n) is 9.56. The normalized spacial score (nSPS) is 19.0. The van der Waals surface area contributed by atoms with Gasteiger partial charge in [-0.05, 0) is 121 Å². The maximum Gasteiger partial charge on any atom is 0.315 e. The van der Waals surface area contributed by atoms with E-state index in [1.165, 1.54) is 55.4 Å². The van der Waals surface area contributed by atoms with E-state index in [1.54, 1.807) is 76.2 Å². The van der Waals surface area contributed by atoms with Gasteiger partial charge in [0, 0.05) is 49.1 Å².